The number of carbonyl (C=O) groups excluding carboxylic acids is 1. The highest BCUT2D eigenvalue weighted by Gasteiger charge is 2.20. The fourth-order valence-electron chi connectivity index (χ4n) is 4.17. The van der Waals surface area contributed by atoms with Crippen molar-refractivity contribution in [3.8, 4) is 28.3 Å². The quantitative estimate of drug-likeness (QED) is 0.439. The second-order valence-corrected chi connectivity index (χ2v) is 8.10. The molecule has 8 heteroatoms. The van der Waals surface area contributed by atoms with E-state index in [-0.39, 0.29) is 11.7 Å². The first-order valence-corrected chi connectivity index (χ1v) is 11.2. The van der Waals surface area contributed by atoms with E-state index in [0.29, 0.717) is 42.5 Å². The first-order chi connectivity index (χ1) is 16.6. The van der Waals surface area contributed by atoms with Crippen LogP contribution >= 0.6 is 0 Å². The lowest BCUT2D eigenvalue weighted by molar-refractivity contribution is -0.128. The second kappa shape index (κ2) is 9.43. The zero-order chi connectivity index (χ0) is 23.5. The average Bonchev–Trinajstić information content (AvgIpc) is 3.28. The summed E-state index contributed by atoms with van der Waals surface area (Å²) in [5.41, 5.74) is 2.92. The Morgan fingerprint density at radius 1 is 1.09 bits per heavy atom. The smallest absolute Gasteiger partial charge is 0.222 e. The summed E-state index contributed by atoms with van der Waals surface area (Å²) >= 11 is 0. The summed E-state index contributed by atoms with van der Waals surface area (Å²) in [6.45, 7) is 1.59. The molecule has 3 heterocycles. The van der Waals surface area contributed by atoms with Crippen molar-refractivity contribution in [3.63, 3.8) is 0 Å². The molecule has 0 radical (unpaired) electrons. The molecule has 1 amide bonds. The number of aromatic nitrogens is 3. The Bertz CT molecular complexity index is 1350. The zero-order valence-electron chi connectivity index (χ0n) is 18.8. The van der Waals surface area contributed by atoms with Crippen molar-refractivity contribution >= 4 is 22.6 Å². The second-order valence-electron chi connectivity index (χ2n) is 8.10. The molecule has 1 aliphatic rings. The third-order valence-corrected chi connectivity index (χ3v) is 5.87. The Morgan fingerprint density at radius 2 is 1.97 bits per heavy atom. The fraction of sp³-hybridized carbons (Fsp3) is 0.231. The highest BCUT2D eigenvalue weighted by molar-refractivity contribution is 5.97. The lowest BCUT2D eigenvalue weighted by Crippen LogP contribution is -2.29. The minimum atomic E-state index is -0.315. The molecule has 1 saturated heterocycles. The lowest BCUT2D eigenvalue weighted by Gasteiger charge is -2.18. The first-order valence-electron chi connectivity index (χ1n) is 11.2. The van der Waals surface area contributed by atoms with Gasteiger partial charge in [0.25, 0.3) is 0 Å². The van der Waals surface area contributed by atoms with Crippen molar-refractivity contribution in [3.05, 3.63) is 66.7 Å². The van der Waals surface area contributed by atoms with Gasteiger partial charge >= 0.3 is 0 Å². The molecule has 2 aromatic carbocycles. The van der Waals surface area contributed by atoms with Crippen molar-refractivity contribution in [1.82, 2.24) is 19.9 Å². The number of rotatable bonds is 7. The maximum Gasteiger partial charge on any atom is 0.222 e. The number of amides is 1. The van der Waals surface area contributed by atoms with Crippen LogP contribution in [0.1, 0.15) is 12.8 Å². The van der Waals surface area contributed by atoms with Gasteiger partial charge in [-0.1, -0.05) is 12.1 Å². The molecule has 1 aliphatic heterocycles. The van der Waals surface area contributed by atoms with Gasteiger partial charge in [-0.3, -0.25) is 9.78 Å². The molecule has 2 aromatic heterocycles. The molecule has 0 unspecified atom stereocenters. The molecule has 34 heavy (non-hydrogen) atoms. The molecule has 7 nitrogen and oxygen atoms in total. The van der Waals surface area contributed by atoms with Gasteiger partial charge in [-0.25, -0.2) is 14.4 Å². The van der Waals surface area contributed by atoms with Crippen LogP contribution in [-0.2, 0) is 4.79 Å². The topological polar surface area (TPSA) is 80.2 Å². The van der Waals surface area contributed by atoms with Gasteiger partial charge in [-0.15, -0.1) is 0 Å². The summed E-state index contributed by atoms with van der Waals surface area (Å²) in [5.74, 6) is 1.53. The van der Waals surface area contributed by atoms with Gasteiger partial charge in [0, 0.05) is 43.4 Å². The first kappa shape index (κ1) is 21.8. The molecule has 1 N–H and O–H groups in total. The number of benzene rings is 2. The van der Waals surface area contributed by atoms with Crippen molar-refractivity contribution in [2.45, 2.75) is 12.8 Å². The zero-order valence-corrected chi connectivity index (χ0v) is 18.8. The number of ether oxygens (including phenoxy) is 1. The monoisotopic (exact) mass is 457 g/mol. The Labute approximate surface area is 196 Å². The van der Waals surface area contributed by atoms with Crippen LogP contribution in [0.3, 0.4) is 0 Å². The maximum atomic E-state index is 14.0. The summed E-state index contributed by atoms with van der Waals surface area (Å²) in [4.78, 5) is 27.5. The van der Waals surface area contributed by atoms with E-state index in [9.17, 15) is 9.18 Å². The largest absolute Gasteiger partial charge is 0.489 e. The minimum absolute atomic E-state index is 0.153. The number of hydrogen-bond acceptors (Lipinski definition) is 6. The molecule has 1 fully saturated rings. The van der Waals surface area contributed by atoms with Crippen LogP contribution < -0.4 is 10.1 Å². The fourth-order valence-corrected chi connectivity index (χ4v) is 4.17. The van der Waals surface area contributed by atoms with E-state index in [0.717, 1.165) is 35.0 Å². The molecule has 0 atom stereocenters. The summed E-state index contributed by atoms with van der Waals surface area (Å²) in [7, 11) is 1.79. The van der Waals surface area contributed by atoms with Crippen LogP contribution in [0.25, 0.3) is 33.4 Å². The van der Waals surface area contributed by atoms with Crippen LogP contribution in [0.5, 0.6) is 5.75 Å². The number of carbonyl (C=O) groups is 1. The average molecular weight is 458 g/mol. The third-order valence-electron chi connectivity index (χ3n) is 5.87. The molecule has 5 rings (SSSR count). The molecule has 0 aliphatic carbocycles. The van der Waals surface area contributed by atoms with Crippen LogP contribution in [0, 0.1) is 5.82 Å². The predicted molar refractivity (Wildman–Crippen MR) is 129 cm³/mol. The molecular formula is C26H24FN5O2. The molecule has 0 spiro atoms. The van der Waals surface area contributed by atoms with Gasteiger partial charge < -0.3 is 15.0 Å². The normalized spacial score (nSPS) is 13.5. The van der Waals surface area contributed by atoms with E-state index in [4.69, 9.17) is 14.7 Å². The Kier molecular flexibility index (Phi) is 6.03. The summed E-state index contributed by atoms with van der Waals surface area (Å²) in [6.07, 6.45) is 4.87. The number of anilines is 1. The van der Waals surface area contributed by atoms with E-state index in [1.165, 1.54) is 12.1 Å². The Morgan fingerprint density at radius 3 is 2.71 bits per heavy atom. The van der Waals surface area contributed by atoms with Crippen molar-refractivity contribution < 1.29 is 13.9 Å². The highest BCUT2D eigenvalue weighted by atomic mass is 19.1. The number of nitrogens with one attached hydrogen (secondary N) is 1. The Balaban J connectivity index is 1.60. The molecule has 172 valence electrons. The number of halogens is 1. The third kappa shape index (κ3) is 4.39. The van der Waals surface area contributed by atoms with Crippen molar-refractivity contribution in [2.24, 2.45) is 0 Å². The summed E-state index contributed by atoms with van der Waals surface area (Å²) < 4.78 is 20.1. The molecule has 0 bridgehead atoms. The summed E-state index contributed by atoms with van der Waals surface area (Å²) in [5, 5.41) is 3.90. The standard InChI is InChI=1S/C26H24FN5O2/c1-28-26-21-14-19(17-5-2-7-20(27)13-17)15-22(34-12-11-32-10-4-8-23(32)33)24(21)30-25(31-26)18-6-3-9-29-16-18/h2-3,5-7,9,13-16H,4,8,10-12H2,1H3,(H,28,30,31). The highest BCUT2D eigenvalue weighted by Crippen LogP contribution is 2.36. The number of hydrogen-bond donors (Lipinski definition) is 1. The predicted octanol–water partition coefficient (Wildman–Crippen LogP) is 4.54. The molecule has 0 saturated carbocycles. The SMILES string of the molecule is CNc1nc(-c2cccnc2)nc2c(OCCN3CCCC3=O)cc(-c3cccc(F)c3)cc12. The van der Waals surface area contributed by atoms with Gasteiger partial charge in [0.05, 0.1) is 6.54 Å². The Hall–Kier alpha value is -4.07. The van der Waals surface area contributed by atoms with Crippen LogP contribution in [0.2, 0.25) is 0 Å². The van der Waals surface area contributed by atoms with E-state index in [2.05, 4.69) is 10.3 Å². The number of nitrogens with zero attached hydrogens (tertiary/aromatic N) is 4. The molecule has 4 aromatic rings. The van der Waals surface area contributed by atoms with E-state index in [1.807, 2.05) is 35.2 Å². The summed E-state index contributed by atoms with van der Waals surface area (Å²) in [6, 6.07) is 13.9. The van der Waals surface area contributed by atoms with Gasteiger partial charge in [0.1, 0.15) is 29.5 Å². The maximum absolute atomic E-state index is 14.0. The van der Waals surface area contributed by atoms with E-state index >= 15 is 0 Å². The van der Waals surface area contributed by atoms with Crippen LogP contribution in [-0.4, -0.2) is 52.5 Å². The van der Waals surface area contributed by atoms with Crippen LogP contribution in [0.4, 0.5) is 10.2 Å². The van der Waals surface area contributed by atoms with Gasteiger partial charge in [0.2, 0.25) is 5.91 Å². The minimum Gasteiger partial charge on any atom is -0.489 e. The van der Waals surface area contributed by atoms with Gasteiger partial charge in [0.15, 0.2) is 5.82 Å². The van der Waals surface area contributed by atoms with Crippen molar-refractivity contribution in [1.29, 1.82) is 0 Å². The number of pyridine rings is 1. The number of likely N-dealkylation sites (tertiary alicyclic amines) is 1. The number of fused-ring (bicyclic) bond motifs is 1. The lowest BCUT2D eigenvalue weighted by atomic mass is 10.0. The van der Waals surface area contributed by atoms with E-state index < -0.39 is 0 Å². The van der Waals surface area contributed by atoms with Crippen molar-refractivity contribution in [2.75, 3.05) is 32.1 Å². The van der Waals surface area contributed by atoms with Gasteiger partial charge in [-0.2, -0.15) is 0 Å². The van der Waals surface area contributed by atoms with Crippen LogP contribution in [0.15, 0.2) is 60.9 Å². The van der Waals surface area contributed by atoms with E-state index in [1.54, 1.807) is 25.5 Å². The molecular weight excluding hydrogens is 433 g/mol. The van der Waals surface area contributed by atoms with Gasteiger partial charge in [-0.05, 0) is 53.9 Å².